The molecule has 4 nitrogen and oxygen atoms in total. The van der Waals surface area contributed by atoms with Gasteiger partial charge in [-0.05, 0) is 0 Å². The van der Waals surface area contributed by atoms with Gasteiger partial charge in [0.1, 0.15) is 0 Å². The average molecular weight is 380 g/mol. The summed E-state index contributed by atoms with van der Waals surface area (Å²) < 4.78 is 12.3. The van der Waals surface area contributed by atoms with Gasteiger partial charge in [0.2, 0.25) is 0 Å². The summed E-state index contributed by atoms with van der Waals surface area (Å²) in [5.41, 5.74) is 0. The second-order valence-electron chi connectivity index (χ2n) is 6.13. The zero-order valence-electron chi connectivity index (χ0n) is 15.2. The van der Waals surface area contributed by atoms with Gasteiger partial charge in [0.25, 0.3) is 0 Å². The molecular weight excluding hydrogens is 359 g/mol. The molecule has 0 fully saturated rings. The standard InChI is InChI=1S/C22H21O4P/c1-18(23)25-27(26-19(2)24,20-12-6-3-7-13-20,21-14-8-4-9-15-21)22-16-10-5-11-17-22/h3-17H,1-2H3. The molecule has 0 aromatic heterocycles. The molecule has 0 amide bonds. The number of carbonyl (C=O) groups excluding carboxylic acids is 2. The Bertz CT molecular complexity index is 820. The van der Waals surface area contributed by atoms with Crippen LogP contribution in [0.3, 0.4) is 0 Å². The van der Waals surface area contributed by atoms with E-state index in [4.69, 9.17) is 9.05 Å². The Morgan fingerprint density at radius 3 is 1.04 bits per heavy atom. The molecule has 0 saturated carbocycles. The molecule has 5 heteroatoms. The summed E-state index contributed by atoms with van der Waals surface area (Å²) in [6.45, 7) is 2.67. The van der Waals surface area contributed by atoms with E-state index in [1.165, 1.54) is 13.8 Å². The van der Waals surface area contributed by atoms with Crippen molar-refractivity contribution in [2.24, 2.45) is 0 Å². The van der Waals surface area contributed by atoms with Gasteiger partial charge in [-0.3, -0.25) is 0 Å². The Morgan fingerprint density at radius 1 is 0.556 bits per heavy atom. The minimum absolute atomic E-state index is 0.523. The summed E-state index contributed by atoms with van der Waals surface area (Å²) >= 11 is 0. The van der Waals surface area contributed by atoms with Gasteiger partial charge < -0.3 is 0 Å². The van der Waals surface area contributed by atoms with Crippen LogP contribution in [0.2, 0.25) is 0 Å². The molecule has 27 heavy (non-hydrogen) atoms. The van der Waals surface area contributed by atoms with Crippen molar-refractivity contribution in [3.05, 3.63) is 91.0 Å². The maximum absolute atomic E-state index is 12.4. The molecule has 0 aliphatic rings. The Kier molecular flexibility index (Phi) is 5.11. The van der Waals surface area contributed by atoms with Crippen molar-refractivity contribution in [3.8, 4) is 0 Å². The van der Waals surface area contributed by atoms with Gasteiger partial charge in [-0.1, -0.05) is 0 Å². The van der Waals surface area contributed by atoms with Crippen molar-refractivity contribution in [2.75, 3.05) is 0 Å². The van der Waals surface area contributed by atoms with E-state index < -0.39 is 19.0 Å². The van der Waals surface area contributed by atoms with Crippen LogP contribution >= 0.6 is 7.06 Å². The molecule has 0 spiro atoms. The van der Waals surface area contributed by atoms with Gasteiger partial charge in [-0.2, -0.15) is 0 Å². The fourth-order valence-corrected chi connectivity index (χ4v) is 8.06. The van der Waals surface area contributed by atoms with Crippen LogP contribution in [0.4, 0.5) is 0 Å². The van der Waals surface area contributed by atoms with E-state index in [-0.39, 0.29) is 0 Å². The molecule has 3 rings (SSSR count). The van der Waals surface area contributed by atoms with Crippen molar-refractivity contribution < 1.29 is 18.6 Å². The van der Waals surface area contributed by atoms with Crippen LogP contribution in [0, 0.1) is 0 Å². The molecule has 138 valence electrons. The van der Waals surface area contributed by atoms with E-state index in [0.717, 1.165) is 0 Å². The van der Waals surface area contributed by atoms with Gasteiger partial charge in [-0.25, -0.2) is 0 Å². The van der Waals surface area contributed by atoms with E-state index in [1.807, 2.05) is 91.0 Å². The molecule has 3 aromatic carbocycles. The van der Waals surface area contributed by atoms with Crippen molar-refractivity contribution in [2.45, 2.75) is 13.8 Å². The molecule has 0 radical (unpaired) electrons. The van der Waals surface area contributed by atoms with Crippen molar-refractivity contribution in [3.63, 3.8) is 0 Å². The maximum atomic E-state index is 12.4. The normalized spacial score (nSPS) is 12.4. The van der Waals surface area contributed by atoms with E-state index in [0.29, 0.717) is 15.9 Å². The monoisotopic (exact) mass is 380 g/mol. The Morgan fingerprint density at radius 2 is 0.815 bits per heavy atom. The zero-order valence-corrected chi connectivity index (χ0v) is 16.1. The fourth-order valence-electron chi connectivity index (χ4n) is 3.37. The molecular formula is C22H21O4P. The number of benzene rings is 3. The van der Waals surface area contributed by atoms with Crippen LogP contribution in [-0.4, -0.2) is 11.9 Å². The third-order valence-corrected chi connectivity index (χ3v) is 9.20. The predicted molar refractivity (Wildman–Crippen MR) is 109 cm³/mol. The summed E-state index contributed by atoms with van der Waals surface area (Å²) in [7, 11) is -4.32. The van der Waals surface area contributed by atoms with E-state index >= 15 is 0 Å². The summed E-state index contributed by atoms with van der Waals surface area (Å²) in [5, 5.41) is 1.93. The first kappa shape index (κ1) is 18.8. The topological polar surface area (TPSA) is 52.6 Å². The molecule has 3 aromatic rings. The predicted octanol–water partition coefficient (Wildman–Crippen LogP) is 3.47. The van der Waals surface area contributed by atoms with Crippen molar-refractivity contribution >= 4 is 34.9 Å². The molecule has 0 atom stereocenters. The molecule has 0 unspecified atom stereocenters. The number of rotatable bonds is 5. The third-order valence-electron chi connectivity index (χ3n) is 4.28. The van der Waals surface area contributed by atoms with Crippen LogP contribution in [-0.2, 0) is 18.6 Å². The van der Waals surface area contributed by atoms with Gasteiger partial charge >= 0.3 is 158 Å². The molecule has 0 bridgehead atoms. The molecule has 0 saturated heterocycles. The molecule has 0 heterocycles. The van der Waals surface area contributed by atoms with E-state index in [9.17, 15) is 9.59 Å². The average Bonchev–Trinajstić information content (AvgIpc) is 2.69. The van der Waals surface area contributed by atoms with Gasteiger partial charge in [0.15, 0.2) is 0 Å². The van der Waals surface area contributed by atoms with E-state index in [1.54, 1.807) is 0 Å². The van der Waals surface area contributed by atoms with Crippen LogP contribution in [0.25, 0.3) is 0 Å². The van der Waals surface area contributed by atoms with Gasteiger partial charge in [0, 0.05) is 0 Å². The molecule has 0 aliphatic heterocycles. The molecule has 0 aliphatic carbocycles. The SMILES string of the molecule is CC(=O)OP(OC(C)=O)(c1ccccc1)(c1ccccc1)c1ccccc1. The Hall–Kier alpha value is -2.97. The second-order valence-corrected chi connectivity index (χ2v) is 9.96. The number of hydrogen-bond acceptors (Lipinski definition) is 4. The van der Waals surface area contributed by atoms with Crippen LogP contribution < -0.4 is 15.9 Å². The Balaban J connectivity index is 2.56. The third kappa shape index (κ3) is 3.13. The van der Waals surface area contributed by atoms with Crippen LogP contribution in [0.15, 0.2) is 91.0 Å². The second kappa shape index (κ2) is 7.34. The summed E-state index contributed by atoms with van der Waals surface area (Å²) in [5.74, 6) is -1.05. The Labute approximate surface area is 158 Å². The van der Waals surface area contributed by atoms with Crippen molar-refractivity contribution in [1.29, 1.82) is 0 Å². The number of carbonyl (C=O) groups is 2. The number of hydrogen-bond donors (Lipinski definition) is 0. The van der Waals surface area contributed by atoms with Crippen LogP contribution in [0.5, 0.6) is 0 Å². The van der Waals surface area contributed by atoms with Gasteiger partial charge in [-0.15, -0.1) is 0 Å². The quantitative estimate of drug-likeness (QED) is 0.636. The van der Waals surface area contributed by atoms with E-state index in [2.05, 4.69) is 0 Å². The molecule has 0 N–H and O–H groups in total. The summed E-state index contributed by atoms with van der Waals surface area (Å²) in [4.78, 5) is 24.8. The first-order chi connectivity index (χ1) is 13.0. The summed E-state index contributed by atoms with van der Waals surface area (Å²) in [6, 6.07) is 27.7. The first-order valence-electron chi connectivity index (χ1n) is 8.58. The summed E-state index contributed by atoms with van der Waals surface area (Å²) in [6.07, 6.45) is 0. The first-order valence-corrected chi connectivity index (χ1v) is 10.7. The fraction of sp³-hybridized carbons (Fsp3) is 0.0909. The van der Waals surface area contributed by atoms with Crippen LogP contribution in [0.1, 0.15) is 13.8 Å². The van der Waals surface area contributed by atoms with Crippen molar-refractivity contribution in [1.82, 2.24) is 0 Å². The minimum atomic E-state index is -4.32. The zero-order chi connectivity index (χ0) is 19.4. The van der Waals surface area contributed by atoms with Gasteiger partial charge in [0.05, 0.1) is 0 Å².